The third-order valence-electron chi connectivity index (χ3n) is 4.85. The molecule has 3 aromatic rings. The van der Waals surface area contributed by atoms with Crippen LogP contribution in [0.3, 0.4) is 0 Å². The average Bonchev–Trinajstić information content (AvgIpc) is 2.70. The van der Waals surface area contributed by atoms with E-state index in [1.807, 2.05) is 29.2 Å². The Hall–Kier alpha value is -3.02. The van der Waals surface area contributed by atoms with Gasteiger partial charge in [-0.1, -0.05) is 24.3 Å². The molecule has 1 aliphatic rings. The molecule has 0 aliphatic carbocycles. The van der Waals surface area contributed by atoms with Crippen molar-refractivity contribution in [3.05, 3.63) is 65.9 Å². The monoisotopic (exact) mass is 367 g/mol. The minimum atomic E-state index is -0.700. The number of rotatable bonds is 3. The Kier molecular flexibility index (Phi) is 4.71. The van der Waals surface area contributed by atoms with Gasteiger partial charge in [-0.3, -0.25) is 4.79 Å². The number of likely N-dealkylation sites (tertiary alicyclic amines) is 1. The van der Waals surface area contributed by atoms with Gasteiger partial charge in [-0.25, -0.2) is 13.8 Å². The van der Waals surface area contributed by atoms with Gasteiger partial charge < -0.3 is 10.2 Å². The first kappa shape index (κ1) is 17.4. The molecule has 27 heavy (non-hydrogen) atoms. The summed E-state index contributed by atoms with van der Waals surface area (Å²) in [6, 6.07) is 10.7. The molecule has 0 spiro atoms. The lowest BCUT2D eigenvalue weighted by Crippen LogP contribution is -2.35. The molecule has 1 N–H and O–H groups in total. The molecule has 1 aromatic heterocycles. The summed E-state index contributed by atoms with van der Waals surface area (Å²) in [7, 11) is 0. The molecule has 0 atom stereocenters. The SMILES string of the molecule is O=C(c1cnc(Nc2ccc(F)cc2F)c2ccccc12)N1CCCCC1. The van der Waals surface area contributed by atoms with Crippen LogP contribution in [0.15, 0.2) is 48.7 Å². The standard InChI is InChI=1S/C21H19F2N3O/c22-14-8-9-19(18(23)12-14)25-20-16-7-3-2-6-15(16)17(13-24-20)21(27)26-10-4-1-5-11-26/h2-3,6-9,12-13H,1,4-5,10-11H2,(H,24,25). The number of halogens is 2. The van der Waals surface area contributed by atoms with Crippen molar-refractivity contribution < 1.29 is 13.6 Å². The van der Waals surface area contributed by atoms with E-state index in [9.17, 15) is 13.6 Å². The van der Waals surface area contributed by atoms with Crippen molar-refractivity contribution in [2.24, 2.45) is 0 Å². The summed E-state index contributed by atoms with van der Waals surface area (Å²) in [5.74, 6) is -0.947. The van der Waals surface area contributed by atoms with Crippen molar-refractivity contribution in [1.29, 1.82) is 0 Å². The zero-order valence-corrected chi connectivity index (χ0v) is 14.7. The van der Waals surface area contributed by atoms with Crippen molar-refractivity contribution >= 4 is 28.2 Å². The summed E-state index contributed by atoms with van der Waals surface area (Å²) in [4.78, 5) is 19.2. The second-order valence-electron chi connectivity index (χ2n) is 6.67. The second kappa shape index (κ2) is 7.31. The molecule has 0 saturated carbocycles. The molecule has 2 heterocycles. The summed E-state index contributed by atoms with van der Waals surface area (Å²) in [6.07, 6.45) is 4.71. The van der Waals surface area contributed by atoms with Crippen LogP contribution in [-0.2, 0) is 0 Å². The van der Waals surface area contributed by atoms with E-state index in [-0.39, 0.29) is 11.6 Å². The Balaban J connectivity index is 1.73. The van der Waals surface area contributed by atoms with E-state index in [2.05, 4.69) is 10.3 Å². The van der Waals surface area contributed by atoms with Crippen LogP contribution in [0.5, 0.6) is 0 Å². The Morgan fingerprint density at radius 3 is 2.48 bits per heavy atom. The number of piperidine rings is 1. The van der Waals surface area contributed by atoms with E-state index in [0.717, 1.165) is 43.8 Å². The van der Waals surface area contributed by atoms with Gasteiger partial charge in [0.25, 0.3) is 5.91 Å². The number of benzene rings is 2. The lowest BCUT2D eigenvalue weighted by molar-refractivity contribution is 0.0726. The fourth-order valence-electron chi connectivity index (χ4n) is 3.45. The molecule has 1 saturated heterocycles. The number of nitrogens with one attached hydrogen (secondary N) is 1. The van der Waals surface area contributed by atoms with Gasteiger partial charge in [0.15, 0.2) is 0 Å². The van der Waals surface area contributed by atoms with E-state index in [1.54, 1.807) is 0 Å². The van der Waals surface area contributed by atoms with Crippen LogP contribution in [0.25, 0.3) is 10.8 Å². The molecule has 2 aromatic carbocycles. The summed E-state index contributed by atoms with van der Waals surface area (Å²) in [5, 5.41) is 4.38. The molecular weight excluding hydrogens is 348 g/mol. The van der Waals surface area contributed by atoms with Crippen molar-refractivity contribution in [2.45, 2.75) is 19.3 Å². The van der Waals surface area contributed by atoms with Crippen molar-refractivity contribution in [3.8, 4) is 0 Å². The topological polar surface area (TPSA) is 45.2 Å². The van der Waals surface area contributed by atoms with Gasteiger partial charge in [0.05, 0.1) is 11.3 Å². The minimum absolute atomic E-state index is 0.0297. The van der Waals surface area contributed by atoms with Gasteiger partial charge in [0.1, 0.15) is 17.5 Å². The lowest BCUT2D eigenvalue weighted by atomic mass is 10.0. The van der Waals surface area contributed by atoms with Crippen molar-refractivity contribution in [1.82, 2.24) is 9.88 Å². The highest BCUT2D eigenvalue weighted by Gasteiger charge is 2.21. The number of hydrogen-bond donors (Lipinski definition) is 1. The maximum atomic E-state index is 14.0. The zero-order valence-electron chi connectivity index (χ0n) is 14.7. The summed E-state index contributed by atoms with van der Waals surface area (Å²) in [5.41, 5.74) is 0.668. The highest BCUT2D eigenvalue weighted by molar-refractivity contribution is 6.09. The normalized spacial score (nSPS) is 14.4. The molecule has 138 valence electrons. The molecule has 4 nitrogen and oxygen atoms in total. The van der Waals surface area contributed by atoms with E-state index < -0.39 is 11.6 Å². The van der Waals surface area contributed by atoms with Crippen LogP contribution in [0.4, 0.5) is 20.3 Å². The molecule has 0 unspecified atom stereocenters. The van der Waals surface area contributed by atoms with Crippen molar-refractivity contribution in [3.63, 3.8) is 0 Å². The number of anilines is 2. The third kappa shape index (κ3) is 3.47. The average molecular weight is 367 g/mol. The zero-order chi connectivity index (χ0) is 18.8. The largest absolute Gasteiger partial charge is 0.339 e. The molecule has 1 fully saturated rings. The van der Waals surface area contributed by atoms with Crippen LogP contribution in [0, 0.1) is 11.6 Å². The quantitative estimate of drug-likeness (QED) is 0.717. The fraction of sp³-hybridized carbons (Fsp3) is 0.238. The molecule has 4 rings (SSSR count). The molecule has 1 amide bonds. The minimum Gasteiger partial charge on any atom is -0.339 e. The van der Waals surface area contributed by atoms with E-state index in [0.29, 0.717) is 16.8 Å². The number of carbonyl (C=O) groups is 1. The van der Waals surface area contributed by atoms with Crippen LogP contribution >= 0.6 is 0 Å². The van der Waals surface area contributed by atoms with E-state index in [4.69, 9.17) is 0 Å². The highest BCUT2D eigenvalue weighted by atomic mass is 19.1. The fourth-order valence-corrected chi connectivity index (χ4v) is 3.45. The van der Waals surface area contributed by atoms with Crippen LogP contribution in [0.1, 0.15) is 29.6 Å². The van der Waals surface area contributed by atoms with Gasteiger partial charge >= 0.3 is 0 Å². The van der Waals surface area contributed by atoms with Gasteiger partial charge in [-0.05, 0) is 36.8 Å². The Morgan fingerprint density at radius 1 is 1.00 bits per heavy atom. The molecular formula is C21H19F2N3O. The molecule has 6 heteroatoms. The van der Waals surface area contributed by atoms with Crippen LogP contribution in [-0.4, -0.2) is 28.9 Å². The summed E-state index contributed by atoms with van der Waals surface area (Å²) >= 11 is 0. The molecule has 0 bridgehead atoms. The maximum absolute atomic E-state index is 14.0. The van der Waals surface area contributed by atoms with E-state index in [1.165, 1.54) is 18.3 Å². The van der Waals surface area contributed by atoms with Gasteiger partial charge in [0, 0.05) is 30.7 Å². The van der Waals surface area contributed by atoms with Crippen molar-refractivity contribution in [2.75, 3.05) is 18.4 Å². The predicted octanol–water partition coefficient (Wildman–Crippen LogP) is 4.88. The Morgan fingerprint density at radius 2 is 1.74 bits per heavy atom. The maximum Gasteiger partial charge on any atom is 0.256 e. The number of fused-ring (bicyclic) bond motifs is 1. The summed E-state index contributed by atoms with van der Waals surface area (Å²) in [6.45, 7) is 1.52. The Bertz CT molecular complexity index is 1000. The summed E-state index contributed by atoms with van der Waals surface area (Å²) < 4.78 is 27.1. The first-order valence-electron chi connectivity index (χ1n) is 9.02. The number of aromatic nitrogens is 1. The van der Waals surface area contributed by atoms with Gasteiger partial charge in [-0.15, -0.1) is 0 Å². The smallest absolute Gasteiger partial charge is 0.256 e. The lowest BCUT2D eigenvalue weighted by Gasteiger charge is -2.27. The third-order valence-corrected chi connectivity index (χ3v) is 4.85. The number of amides is 1. The first-order chi connectivity index (χ1) is 13.1. The number of pyridine rings is 1. The van der Waals surface area contributed by atoms with E-state index >= 15 is 0 Å². The number of carbonyl (C=O) groups excluding carboxylic acids is 1. The first-order valence-corrected chi connectivity index (χ1v) is 9.02. The number of nitrogens with zero attached hydrogens (tertiary/aromatic N) is 2. The van der Waals surface area contributed by atoms with Crippen LogP contribution < -0.4 is 5.32 Å². The Labute approximate surface area is 155 Å². The van der Waals surface area contributed by atoms with Gasteiger partial charge in [-0.2, -0.15) is 0 Å². The highest BCUT2D eigenvalue weighted by Crippen LogP contribution is 2.29. The van der Waals surface area contributed by atoms with Gasteiger partial charge in [0.2, 0.25) is 0 Å². The second-order valence-corrected chi connectivity index (χ2v) is 6.67. The predicted molar refractivity (Wildman–Crippen MR) is 101 cm³/mol. The van der Waals surface area contributed by atoms with Crippen LogP contribution in [0.2, 0.25) is 0 Å². The number of hydrogen-bond acceptors (Lipinski definition) is 3. The molecule has 1 aliphatic heterocycles. The molecule has 0 radical (unpaired) electrons.